The zero-order valence-electron chi connectivity index (χ0n) is 9.15. The molecule has 0 amide bonds. The molecule has 70 valence electrons. The maximum atomic E-state index is 2.46. The summed E-state index contributed by atoms with van der Waals surface area (Å²) in [5.41, 5.74) is 2.09. The van der Waals surface area contributed by atoms with Gasteiger partial charge in [-0.25, -0.2) is 0 Å². The van der Waals surface area contributed by atoms with Gasteiger partial charge in [0.05, 0.1) is 0 Å². The van der Waals surface area contributed by atoms with Crippen LogP contribution in [0, 0.1) is 17.3 Å². The van der Waals surface area contributed by atoms with Gasteiger partial charge in [0.25, 0.3) is 0 Å². The predicted molar refractivity (Wildman–Crippen MR) is 55.1 cm³/mol. The highest BCUT2D eigenvalue weighted by molar-refractivity contribution is 5.10. The fourth-order valence-corrected chi connectivity index (χ4v) is 2.11. The van der Waals surface area contributed by atoms with Gasteiger partial charge in [-0.15, -0.1) is 0 Å². The molecule has 0 aromatic heterocycles. The Balaban J connectivity index is 2.85. The van der Waals surface area contributed by atoms with Crippen LogP contribution in [0.4, 0.5) is 0 Å². The number of rotatable bonds is 0. The molecule has 1 rings (SSSR count). The van der Waals surface area contributed by atoms with Crippen LogP contribution in [0.3, 0.4) is 0 Å². The van der Waals surface area contributed by atoms with Crippen molar-refractivity contribution in [1.82, 2.24) is 0 Å². The van der Waals surface area contributed by atoms with Gasteiger partial charge in [-0.05, 0) is 37.0 Å². The molecule has 0 aromatic carbocycles. The average Bonchev–Trinajstić information content (AvgIpc) is 2.04. The van der Waals surface area contributed by atoms with E-state index in [1.165, 1.54) is 12.8 Å². The second kappa shape index (κ2) is 3.24. The van der Waals surface area contributed by atoms with Crippen LogP contribution in [-0.4, -0.2) is 0 Å². The van der Waals surface area contributed by atoms with Crippen LogP contribution in [-0.2, 0) is 0 Å². The summed E-state index contributed by atoms with van der Waals surface area (Å²) in [4.78, 5) is 0. The van der Waals surface area contributed by atoms with Crippen LogP contribution in [0.1, 0.15) is 47.5 Å². The van der Waals surface area contributed by atoms with E-state index in [4.69, 9.17) is 0 Å². The third kappa shape index (κ3) is 1.91. The Morgan fingerprint density at radius 1 is 1.33 bits per heavy atom. The van der Waals surface area contributed by atoms with Gasteiger partial charge in [0, 0.05) is 0 Å². The zero-order chi connectivity index (χ0) is 9.35. The summed E-state index contributed by atoms with van der Waals surface area (Å²) < 4.78 is 0. The molecule has 0 radical (unpaired) electrons. The summed E-state index contributed by atoms with van der Waals surface area (Å²) >= 11 is 0. The third-order valence-electron chi connectivity index (χ3n) is 3.65. The SMILES string of the molecule is CC1=CC(C)CCC(C)(C)C1C. The normalized spacial score (nSPS) is 35.6. The van der Waals surface area contributed by atoms with E-state index < -0.39 is 0 Å². The molecular formula is C12H22. The van der Waals surface area contributed by atoms with Gasteiger partial charge in [0.15, 0.2) is 0 Å². The van der Waals surface area contributed by atoms with Gasteiger partial charge >= 0.3 is 0 Å². The molecule has 0 heteroatoms. The Morgan fingerprint density at radius 3 is 2.50 bits per heavy atom. The lowest BCUT2D eigenvalue weighted by Crippen LogP contribution is -2.21. The first-order valence-electron chi connectivity index (χ1n) is 5.12. The molecule has 0 heterocycles. The van der Waals surface area contributed by atoms with Gasteiger partial charge in [-0.1, -0.05) is 39.3 Å². The van der Waals surface area contributed by atoms with Crippen molar-refractivity contribution in [3.63, 3.8) is 0 Å². The minimum atomic E-state index is 0.505. The lowest BCUT2D eigenvalue weighted by atomic mass is 9.74. The van der Waals surface area contributed by atoms with Crippen molar-refractivity contribution in [2.75, 3.05) is 0 Å². The first kappa shape index (κ1) is 9.83. The highest BCUT2D eigenvalue weighted by Gasteiger charge is 2.29. The van der Waals surface area contributed by atoms with Crippen LogP contribution < -0.4 is 0 Å². The molecule has 0 aliphatic heterocycles. The van der Waals surface area contributed by atoms with E-state index in [-0.39, 0.29) is 0 Å². The Bertz CT molecular complexity index is 186. The minimum absolute atomic E-state index is 0.505. The van der Waals surface area contributed by atoms with Crippen LogP contribution in [0.25, 0.3) is 0 Å². The second-order valence-corrected chi connectivity index (χ2v) is 5.14. The molecule has 0 saturated carbocycles. The van der Waals surface area contributed by atoms with Gasteiger partial charge in [-0.3, -0.25) is 0 Å². The van der Waals surface area contributed by atoms with Gasteiger partial charge < -0.3 is 0 Å². The van der Waals surface area contributed by atoms with Crippen molar-refractivity contribution >= 4 is 0 Å². The number of hydrogen-bond acceptors (Lipinski definition) is 0. The Labute approximate surface area is 77.1 Å². The van der Waals surface area contributed by atoms with Crippen molar-refractivity contribution in [3.8, 4) is 0 Å². The van der Waals surface area contributed by atoms with Crippen LogP contribution >= 0.6 is 0 Å². The van der Waals surface area contributed by atoms with E-state index in [2.05, 4.69) is 40.7 Å². The first-order chi connectivity index (χ1) is 5.43. The minimum Gasteiger partial charge on any atom is -0.0825 e. The summed E-state index contributed by atoms with van der Waals surface area (Å²) in [5, 5.41) is 0. The third-order valence-corrected chi connectivity index (χ3v) is 3.65. The quantitative estimate of drug-likeness (QED) is 0.477. The van der Waals surface area contributed by atoms with Crippen molar-refractivity contribution in [3.05, 3.63) is 11.6 Å². The topological polar surface area (TPSA) is 0 Å². The van der Waals surface area contributed by atoms with E-state index in [1.54, 1.807) is 5.57 Å². The molecule has 0 bridgehead atoms. The van der Waals surface area contributed by atoms with E-state index in [1.807, 2.05) is 0 Å². The molecule has 0 fully saturated rings. The molecule has 1 aliphatic rings. The van der Waals surface area contributed by atoms with Crippen LogP contribution in [0.15, 0.2) is 11.6 Å². The van der Waals surface area contributed by atoms with Crippen molar-refractivity contribution in [2.24, 2.45) is 17.3 Å². The van der Waals surface area contributed by atoms with E-state index in [0.29, 0.717) is 5.41 Å². The molecule has 0 N–H and O–H groups in total. The highest BCUT2D eigenvalue weighted by Crippen LogP contribution is 2.40. The summed E-state index contributed by atoms with van der Waals surface area (Å²) in [6.45, 7) is 11.8. The van der Waals surface area contributed by atoms with Crippen LogP contribution in [0.2, 0.25) is 0 Å². The predicted octanol–water partition coefficient (Wildman–Crippen LogP) is 4.02. The van der Waals surface area contributed by atoms with Crippen molar-refractivity contribution in [1.29, 1.82) is 0 Å². The van der Waals surface area contributed by atoms with Crippen molar-refractivity contribution < 1.29 is 0 Å². The summed E-state index contributed by atoms with van der Waals surface area (Å²) in [6, 6.07) is 0. The Kier molecular flexibility index (Phi) is 2.65. The molecule has 0 nitrogen and oxygen atoms in total. The fourth-order valence-electron chi connectivity index (χ4n) is 2.11. The van der Waals surface area contributed by atoms with Crippen molar-refractivity contribution in [2.45, 2.75) is 47.5 Å². The monoisotopic (exact) mass is 166 g/mol. The maximum Gasteiger partial charge on any atom is -0.0183 e. The number of allylic oxidation sites excluding steroid dienone is 2. The second-order valence-electron chi connectivity index (χ2n) is 5.14. The van der Waals surface area contributed by atoms with Gasteiger partial charge in [0.2, 0.25) is 0 Å². The molecule has 12 heavy (non-hydrogen) atoms. The molecule has 2 atom stereocenters. The summed E-state index contributed by atoms with van der Waals surface area (Å²) in [7, 11) is 0. The van der Waals surface area contributed by atoms with Crippen LogP contribution in [0.5, 0.6) is 0 Å². The first-order valence-corrected chi connectivity index (χ1v) is 5.12. The zero-order valence-corrected chi connectivity index (χ0v) is 9.15. The number of hydrogen-bond donors (Lipinski definition) is 0. The lowest BCUT2D eigenvalue weighted by Gasteiger charge is -2.31. The van der Waals surface area contributed by atoms with Gasteiger partial charge in [-0.2, -0.15) is 0 Å². The molecule has 1 aliphatic carbocycles. The summed E-state index contributed by atoms with van der Waals surface area (Å²) in [6.07, 6.45) is 5.18. The smallest absolute Gasteiger partial charge is 0.0183 e. The Hall–Kier alpha value is -0.260. The maximum absolute atomic E-state index is 2.46. The highest BCUT2D eigenvalue weighted by atomic mass is 14.3. The van der Waals surface area contributed by atoms with E-state index in [9.17, 15) is 0 Å². The molecule has 0 aromatic rings. The molecule has 2 unspecified atom stereocenters. The lowest BCUT2D eigenvalue weighted by molar-refractivity contribution is 0.240. The van der Waals surface area contributed by atoms with Gasteiger partial charge in [0.1, 0.15) is 0 Å². The molecule has 0 spiro atoms. The molecular weight excluding hydrogens is 144 g/mol. The van der Waals surface area contributed by atoms with E-state index in [0.717, 1.165) is 11.8 Å². The Morgan fingerprint density at radius 2 is 1.92 bits per heavy atom. The molecule has 0 saturated heterocycles. The average molecular weight is 166 g/mol. The fraction of sp³-hybridized carbons (Fsp3) is 0.833. The summed E-state index contributed by atoms with van der Waals surface area (Å²) in [5.74, 6) is 1.54. The largest absolute Gasteiger partial charge is 0.0825 e. The van der Waals surface area contributed by atoms with E-state index >= 15 is 0 Å². The standard InChI is InChI=1S/C12H22/c1-9-6-7-12(4,5)11(3)10(2)8-9/h8-9,11H,6-7H2,1-5H3.